The van der Waals surface area contributed by atoms with Crippen molar-refractivity contribution >= 4 is 5.82 Å². The summed E-state index contributed by atoms with van der Waals surface area (Å²) in [5, 5.41) is 3.46. The predicted octanol–water partition coefficient (Wildman–Crippen LogP) is 1.26. The van der Waals surface area contributed by atoms with E-state index in [0.717, 1.165) is 30.6 Å². The van der Waals surface area contributed by atoms with Crippen LogP contribution in [-0.2, 0) is 6.54 Å². The average Bonchev–Trinajstić information content (AvgIpc) is 3.21. The molecule has 0 spiro atoms. The second-order valence-electron chi connectivity index (χ2n) is 6.18. The van der Waals surface area contributed by atoms with E-state index in [1.54, 1.807) is 0 Å². The lowest BCUT2D eigenvalue weighted by Crippen LogP contribution is -2.37. The number of likely N-dealkylation sites (N-methyl/N-ethyl adjacent to an activating group) is 2. The summed E-state index contributed by atoms with van der Waals surface area (Å²) in [6, 6.07) is 1.37. The normalized spacial score (nSPS) is 23.2. The first kappa shape index (κ1) is 13.8. The van der Waals surface area contributed by atoms with Gasteiger partial charge in [0.05, 0.1) is 18.1 Å². The molecule has 1 saturated carbocycles. The van der Waals surface area contributed by atoms with Crippen LogP contribution in [0.3, 0.4) is 0 Å². The number of hydrogen-bond acceptors (Lipinski definition) is 5. The Morgan fingerprint density at radius 3 is 2.75 bits per heavy atom. The molecule has 1 aliphatic heterocycles. The molecule has 5 heteroatoms. The Hall–Kier alpha value is -1.20. The van der Waals surface area contributed by atoms with Crippen molar-refractivity contribution in [3.8, 4) is 0 Å². The van der Waals surface area contributed by atoms with Crippen LogP contribution in [0.2, 0.25) is 0 Å². The summed E-state index contributed by atoms with van der Waals surface area (Å²) in [5.41, 5.74) is 1.03. The molecule has 2 fully saturated rings. The molecule has 1 aliphatic carbocycles. The number of anilines is 1. The zero-order valence-electron chi connectivity index (χ0n) is 12.5. The van der Waals surface area contributed by atoms with E-state index in [2.05, 4.69) is 39.2 Å². The van der Waals surface area contributed by atoms with E-state index in [4.69, 9.17) is 0 Å². The molecule has 1 aromatic heterocycles. The average molecular weight is 275 g/mol. The molecule has 2 aliphatic rings. The van der Waals surface area contributed by atoms with Gasteiger partial charge < -0.3 is 15.1 Å². The molecule has 5 nitrogen and oxygen atoms in total. The van der Waals surface area contributed by atoms with Gasteiger partial charge in [0.2, 0.25) is 0 Å². The van der Waals surface area contributed by atoms with Crippen molar-refractivity contribution in [3.05, 3.63) is 18.1 Å². The Balaban J connectivity index is 1.52. The Labute approximate surface area is 121 Å². The highest BCUT2D eigenvalue weighted by Gasteiger charge is 2.23. The molecule has 1 saturated heterocycles. The van der Waals surface area contributed by atoms with E-state index in [1.807, 2.05) is 12.4 Å². The van der Waals surface area contributed by atoms with Gasteiger partial charge in [-0.25, -0.2) is 4.98 Å². The van der Waals surface area contributed by atoms with Crippen LogP contribution in [0, 0.1) is 0 Å². The van der Waals surface area contributed by atoms with Crippen LogP contribution in [0.4, 0.5) is 5.82 Å². The van der Waals surface area contributed by atoms with Gasteiger partial charge >= 0.3 is 0 Å². The Morgan fingerprint density at radius 1 is 1.30 bits per heavy atom. The Bertz CT molecular complexity index is 428. The van der Waals surface area contributed by atoms with Crippen molar-refractivity contribution in [1.82, 2.24) is 20.2 Å². The molecule has 1 atom stereocenters. The molecule has 0 bridgehead atoms. The summed E-state index contributed by atoms with van der Waals surface area (Å²) >= 11 is 0. The fourth-order valence-electron chi connectivity index (χ4n) is 2.79. The smallest absolute Gasteiger partial charge is 0.146 e. The zero-order valence-corrected chi connectivity index (χ0v) is 12.5. The molecule has 3 rings (SSSR count). The maximum absolute atomic E-state index is 4.55. The number of hydrogen-bond donors (Lipinski definition) is 1. The maximum Gasteiger partial charge on any atom is 0.146 e. The van der Waals surface area contributed by atoms with Crippen LogP contribution in [0.15, 0.2) is 12.4 Å². The Morgan fingerprint density at radius 2 is 2.15 bits per heavy atom. The molecule has 0 aromatic carbocycles. The van der Waals surface area contributed by atoms with E-state index in [9.17, 15) is 0 Å². The quantitative estimate of drug-likeness (QED) is 0.847. The number of nitrogens with zero attached hydrogens (tertiary/aromatic N) is 4. The monoisotopic (exact) mass is 275 g/mol. The summed E-state index contributed by atoms with van der Waals surface area (Å²) in [7, 11) is 4.32. The van der Waals surface area contributed by atoms with Crippen LogP contribution >= 0.6 is 0 Å². The van der Waals surface area contributed by atoms with Crippen molar-refractivity contribution in [2.45, 2.75) is 44.3 Å². The molecule has 1 unspecified atom stereocenters. The molecule has 0 radical (unpaired) electrons. The first-order valence-electron chi connectivity index (χ1n) is 7.68. The van der Waals surface area contributed by atoms with Gasteiger partial charge in [-0.3, -0.25) is 4.98 Å². The summed E-state index contributed by atoms with van der Waals surface area (Å²) in [6.07, 6.45) is 9.02. The van der Waals surface area contributed by atoms with Gasteiger partial charge in [-0.2, -0.15) is 0 Å². The molecular formula is C15H25N5. The number of aromatic nitrogens is 2. The number of likely N-dealkylation sites (tertiary alicyclic amines) is 1. The van der Waals surface area contributed by atoms with Crippen LogP contribution in [0.25, 0.3) is 0 Å². The lowest BCUT2D eigenvalue weighted by Gasteiger charge is -2.26. The first-order valence-corrected chi connectivity index (χ1v) is 7.68. The minimum Gasteiger partial charge on any atom is -0.357 e. The summed E-state index contributed by atoms with van der Waals surface area (Å²) in [4.78, 5) is 13.7. The zero-order chi connectivity index (χ0) is 13.9. The topological polar surface area (TPSA) is 44.3 Å². The first-order chi connectivity index (χ1) is 9.72. The van der Waals surface area contributed by atoms with E-state index < -0.39 is 0 Å². The molecular weight excluding hydrogens is 250 g/mol. The summed E-state index contributed by atoms with van der Waals surface area (Å²) in [6.45, 7) is 3.09. The third kappa shape index (κ3) is 3.46. The van der Waals surface area contributed by atoms with Gasteiger partial charge in [-0.05, 0) is 39.3 Å². The lowest BCUT2D eigenvalue weighted by molar-refractivity contribution is 0.314. The van der Waals surface area contributed by atoms with Gasteiger partial charge in [0.25, 0.3) is 0 Å². The van der Waals surface area contributed by atoms with Crippen molar-refractivity contribution < 1.29 is 0 Å². The molecule has 1 aromatic rings. The number of rotatable bonds is 6. The maximum atomic E-state index is 4.55. The standard InChI is InChI=1S/C15H25N5/c1-19-7-3-4-14(19)11-20(2)15-10-17-13(9-18-15)8-16-12-5-6-12/h9-10,12,14,16H,3-8,11H2,1-2H3. The van der Waals surface area contributed by atoms with Crippen LogP contribution in [0.5, 0.6) is 0 Å². The van der Waals surface area contributed by atoms with E-state index in [1.165, 1.54) is 32.2 Å². The van der Waals surface area contributed by atoms with E-state index in [-0.39, 0.29) is 0 Å². The fraction of sp³-hybridized carbons (Fsp3) is 0.733. The minimum absolute atomic E-state index is 0.651. The van der Waals surface area contributed by atoms with Crippen molar-refractivity contribution in [1.29, 1.82) is 0 Å². The molecule has 0 amide bonds. The lowest BCUT2D eigenvalue weighted by atomic mass is 10.2. The minimum atomic E-state index is 0.651. The van der Waals surface area contributed by atoms with Gasteiger partial charge in [0.1, 0.15) is 5.82 Å². The molecule has 110 valence electrons. The highest BCUT2D eigenvalue weighted by atomic mass is 15.2. The van der Waals surface area contributed by atoms with Gasteiger partial charge in [0, 0.05) is 32.2 Å². The fourth-order valence-corrected chi connectivity index (χ4v) is 2.79. The van der Waals surface area contributed by atoms with Gasteiger partial charge in [0.15, 0.2) is 0 Å². The molecule has 1 N–H and O–H groups in total. The summed E-state index contributed by atoms with van der Waals surface area (Å²) in [5.74, 6) is 0.973. The van der Waals surface area contributed by atoms with Gasteiger partial charge in [-0.1, -0.05) is 0 Å². The predicted molar refractivity (Wildman–Crippen MR) is 80.8 cm³/mol. The largest absolute Gasteiger partial charge is 0.357 e. The summed E-state index contributed by atoms with van der Waals surface area (Å²) < 4.78 is 0. The Kier molecular flexibility index (Phi) is 4.17. The van der Waals surface area contributed by atoms with Crippen LogP contribution in [-0.4, -0.2) is 54.1 Å². The second-order valence-corrected chi connectivity index (χ2v) is 6.18. The van der Waals surface area contributed by atoms with E-state index >= 15 is 0 Å². The van der Waals surface area contributed by atoms with Crippen LogP contribution < -0.4 is 10.2 Å². The third-order valence-corrected chi connectivity index (χ3v) is 4.39. The highest BCUT2D eigenvalue weighted by molar-refractivity contribution is 5.34. The van der Waals surface area contributed by atoms with Crippen LogP contribution in [0.1, 0.15) is 31.4 Å². The number of nitrogens with one attached hydrogen (secondary N) is 1. The molecule has 2 heterocycles. The highest BCUT2D eigenvalue weighted by Crippen LogP contribution is 2.19. The van der Waals surface area contributed by atoms with E-state index in [0.29, 0.717) is 6.04 Å². The van der Waals surface area contributed by atoms with Crippen molar-refractivity contribution in [2.75, 3.05) is 32.1 Å². The molecule has 20 heavy (non-hydrogen) atoms. The second kappa shape index (κ2) is 6.06. The van der Waals surface area contributed by atoms with Crippen molar-refractivity contribution in [2.24, 2.45) is 0 Å². The van der Waals surface area contributed by atoms with Crippen molar-refractivity contribution in [3.63, 3.8) is 0 Å². The third-order valence-electron chi connectivity index (χ3n) is 4.39. The van der Waals surface area contributed by atoms with Gasteiger partial charge in [-0.15, -0.1) is 0 Å². The SMILES string of the molecule is CN(CC1CCCN1C)c1cnc(CNC2CC2)cn1.